The molecule has 1 aliphatic heterocycles. The van der Waals surface area contributed by atoms with E-state index in [-0.39, 0.29) is 29.2 Å². The first-order chi connectivity index (χ1) is 17.6. The number of aliphatic imine (C=N–C) groups is 1. The van der Waals surface area contributed by atoms with E-state index >= 15 is 0 Å². The highest BCUT2D eigenvalue weighted by Gasteiger charge is 2.39. The van der Waals surface area contributed by atoms with Crippen LogP contribution in [-0.2, 0) is 19.6 Å². The number of ether oxygens (including phenoxy) is 1. The number of nitrogens with one attached hydrogen (secondary N) is 1. The summed E-state index contributed by atoms with van der Waals surface area (Å²) in [7, 11) is -2.26. The van der Waals surface area contributed by atoms with E-state index in [0.29, 0.717) is 47.8 Å². The van der Waals surface area contributed by atoms with Crippen LogP contribution in [-0.4, -0.2) is 55.6 Å². The number of hydrogen-bond donors (Lipinski definition) is 1. The molecule has 9 nitrogen and oxygen atoms in total. The van der Waals surface area contributed by atoms with Gasteiger partial charge >= 0.3 is 5.97 Å². The Kier molecular flexibility index (Phi) is 8.28. The SMILES string of the molecule is [C-]#[N+]CN(C1CCC(C2=C(C(=O)OC)C(c3ccc(F)cc3Cl)N=C(c3nccs3)N2)CC1)S(C)(=O)=O. The van der Waals surface area contributed by atoms with Gasteiger partial charge in [-0.25, -0.2) is 29.2 Å². The molecular weight excluding hydrogens is 541 g/mol. The highest BCUT2D eigenvalue weighted by atomic mass is 35.5. The van der Waals surface area contributed by atoms with Gasteiger partial charge in [0.05, 0.1) is 18.9 Å². The van der Waals surface area contributed by atoms with Gasteiger partial charge in [-0.3, -0.25) is 9.84 Å². The zero-order valence-corrected chi connectivity index (χ0v) is 22.5. The van der Waals surface area contributed by atoms with Crippen molar-refractivity contribution in [2.75, 3.05) is 20.0 Å². The molecule has 0 amide bonds. The lowest BCUT2D eigenvalue weighted by Gasteiger charge is -2.36. The van der Waals surface area contributed by atoms with Crippen molar-refractivity contribution in [3.63, 3.8) is 0 Å². The average molecular weight is 566 g/mol. The standard InChI is InChI=1S/C24H25ClFN5O4S2/c1-27-13-31(37(3,33)34)16-7-4-14(5-8-16)20-19(24(32)35-2)21(17-9-6-15(26)12-18(17)25)30-22(29-20)23-28-10-11-36-23/h6,9-12,14,16,21H,4-5,7-8,13H2,2-3H3,(H,29,30). The molecule has 0 radical (unpaired) electrons. The number of thiazole rings is 1. The molecule has 2 aliphatic rings. The summed E-state index contributed by atoms with van der Waals surface area (Å²) in [4.78, 5) is 25.5. The van der Waals surface area contributed by atoms with Crippen molar-refractivity contribution in [1.29, 1.82) is 0 Å². The van der Waals surface area contributed by atoms with E-state index in [1.807, 2.05) is 0 Å². The summed E-state index contributed by atoms with van der Waals surface area (Å²) in [5.74, 6) is -0.797. The second-order valence-electron chi connectivity index (χ2n) is 8.78. The molecule has 0 spiro atoms. The number of rotatable bonds is 7. The van der Waals surface area contributed by atoms with Crippen molar-refractivity contribution >= 4 is 44.8 Å². The number of hydrogen-bond acceptors (Lipinski definition) is 8. The predicted molar refractivity (Wildman–Crippen MR) is 139 cm³/mol. The minimum absolute atomic E-state index is 0.126. The fraction of sp³-hybridized carbons (Fsp3) is 0.417. The number of benzene rings is 1. The molecule has 37 heavy (non-hydrogen) atoms. The number of aromatic nitrogens is 1. The molecule has 196 valence electrons. The number of methoxy groups -OCH3 is 1. The number of nitrogens with zero attached hydrogens (tertiary/aromatic N) is 4. The molecule has 1 atom stereocenters. The van der Waals surface area contributed by atoms with Gasteiger partial charge in [-0.2, -0.15) is 0 Å². The molecule has 0 saturated heterocycles. The first kappa shape index (κ1) is 27.2. The molecule has 1 N–H and O–H groups in total. The van der Waals surface area contributed by atoms with Crippen molar-refractivity contribution < 1.29 is 22.3 Å². The largest absolute Gasteiger partial charge is 0.466 e. The molecule has 1 unspecified atom stereocenters. The third kappa shape index (κ3) is 5.85. The van der Waals surface area contributed by atoms with Crippen LogP contribution in [0.2, 0.25) is 5.02 Å². The molecule has 13 heteroatoms. The number of esters is 1. The lowest BCUT2D eigenvalue weighted by atomic mass is 9.80. The Morgan fingerprint density at radius 1 is 1.35 bits per heavy atom. The van der Waals surface area contributed by atoms with E-state index < -0.39 is 27.9 Å². The van der Waals surface area contributed by atoms with Crippen LogP contribution >= 0.6 is 22.9 Å². The van der Waals surface area contributed by atoms with E-state index in [4.69, 9.17) is 27.9 Å². The summed E-state index contributed by atoms with van der Waals surface area (Å²) in [6.07, 6.45) is 4.90. The lowest BCUT2D eigenvalue weighted by molar-refractivity contribution is -0.136. The number of amidine groups is 1. The second-order valence-corrected chi connectivity index (χ2v) is 12.0. The molecule has 1 aliphatic carbocycles. The van der Waals surface area contributed by atoms with Gasteiger partial charge in [0.1, 0.15) is 11.9 Å². The minimum atomic E-state index is -3.54. The van der Waals surface area contributed by atoms with Crippen molar-refractivity contribution in [1.82, 2.24) is 14.6 Å². The average Bonchev–Trinajstić information content (AvgIpc) is 3.41. The highest BCUT2D eigenvalue weighted by Crippen LogP contribution is 2.41. The van der Waals surface area contributed by atoms with E-state index in [9.17, 15) is 17.6 Å². The van der Waals surface area contributed by atoms with Crippen LogP contribution in [0.25, 0.3) is 4.85 Å². The Morgan fingerprint density at radius 3 is 2.65 bits per heavy atom. The Hall–Kier alpha value is -2.85. The summed E-state index contributed by atoms with van der Waals surface area (Å²) in [5, 5.41) is 5.84. The fourth-order valence-electron chi connectivity index (χ4n) is 4.83. The van der Waals surface area contributed by atoms with Gasteiger partial charge in [0.2, 0.25) is 10.0 Å². The monoisotopic (exact) mass is 565 g/mol. The second kappa shape index (κ2) is 11.3. The van der Waals surface area contributed by atoms with E-state index in [1.54, 1.807) is 11.6 Å². The number of allylic oxidation sites excluding steroid dienone is 1. The van der Waals surface area contributed by atoms with Crippen molar-refractivity contribution in [2.24, 2.45) is 10.9 Å². The van der Waals surface area contributed by atoms with Gasteiger partial charge in [0, 0.05) is 33.9 Å². The van der Waals surface area contributed by atoms with Crippen molar-refractivity contribution in [2.45, 2.75) is 37.8 Å². The van der Waals surface area contributed by atoms with E-state index in [1.165, 1.54) is 41.0 Å². The van der Waals surface area contributed by atoms with Crippen LogP contribution in [0.1, 0.15) is 42.3 Å². The quantitative estimate of drug-likeness (QED) is 0.399. The Bertz CT molecular complexity index is 1380. The molecule has 1 fully saturated rings. The first-order valence-corrected chi connectivity index (χ1v) is 14.6. The predicted octanol–water partition coefficient (Wildman–Crippen LogP) is 4.15. The van der Waals surface area contributed by atoms with Crippen LogP contribution in [0.4, 0.5) is 4.39 Å². The summed E-state index contributed by atoms with van der Waals surface area (Å²) in [6, 6.07) is 2.78. The van der Waals surface area contributed by atoms with Crippen LogP contribution in [0.15, 0.2) is 46.0 Å². The fourth-order valence-corrected chi connectivity index (χ4v) is 6.71. The minimum Gasteiger partial charge on any atom is -0.466 e. The Balaban J connectivity index is 1.75. The van der Waals surface area contributed by atoms with Crippen molar-refractivity contribution in [3.8, 4) is 0 Å². The van der Waals surface area contributed by atoms with Gasteiger partial charge in [-0.05, 0) is 43.7 Å². The molecular formula is C24H25ClFN5O4S2. The van der Waals surface area contributed by atoms with Crippen molar-refractivity contribution in [3.05, 3.63) is 73.9 Å². The molecule has 4 rings (SSSR count). The topological polar surface area (TPSA) is 105 Å². The third-order valence-electron chi connectivity index (χ3n) is 6.52. The van der Waals surface area contributed by atoms with Gasteiger partial charge in [0.15, 0.2) is 10.8 Å². The number of carbonyl (C=O) groups excluding carboxylic acids is 1. The van der Waals surface area contributed by atoms with Crippen LogP contribution in [0.5, 0.6) is 0 Å². The van der Waals surface area contributed by atoms with Gasteiger partial charge < -0.3 is 10.1 Å². The number of halogens is 2. The smallest absolute Gasteiger partial charge is 0.338 e. The molecule has 1 saturated carbocycles. The molecule has 1 aromatic heterocycles. The highest BCUT2D eigenvalue weighted by molar-refractivity contribution is 7.88. The summed E-state index contributed by atoms with van der Waals surface area (Å²) in [6.45, 7) is 6.92. The molecule has 2 heterocycles. The number of sulfonamides is 1. The molecule has 0 bridgehead atoms. The van der Waals surface area contributed by atoms with Crippen LogP contribution in [0, 0.1) is 18.3 Å². The van der Waals surface area contributed by atoms with Crippen LogP contribution < -0.4 is 5.32 Å². The summed E-state index contributed by atoms with van der Waals surface area (Å²) >= 11 is 7.78. The normalized spacial score (nSPS) is 22.3. The van der Waals surface area contributed by atoms with E-state index in [0.717, 1.165) is 6.26 Å². The first-order valence-electron chi connectivity index (χ1n) is 11.5. The zero-order valence-electron chi connectivity index (χ0n) is 20.1. The van der Waals surface area contributed by atoms with E-state index in [2.05, 4.69) is 15.1 Å². The molecule has 2 aromatic rings. The number of carbonyl (C=O) groups is 1. The van der Waals surface area contributed by atoms with Gasteiger partial charge in [-0.1, -0.05) is 17.7 Å². The van der Waals surface area contributed by atoms with Gasteiger partial charge in [-0.15, -0.1) is 15.6 Å². The van der Waals surface area contributed by atoms with Crippen LogP contribution in [0.3, 0.4) is 0 Å². The third-order valence-corrected chi connectivity index (χ3v) is 8.89. The summed E-state index contributed by atoms with van der Waals surface area (Å²) < 4.78 is 44.7. The Labute approximate surface area is 223 Å². The Morgan fingerprint density at radius 2 is 2.08 bits per heavy atom. The summed E-state index contributed by atoms with van der Waals surface area (Å²) in [5.41, 5.74) is 1.32. The maximum atomic E-state index is 13.8. The van der Waals surface area contributed by atoms with Gasteiger partial charge in [0.25, 0.3) is 6.67 Å². The lowest BCUT2D eigenvalue weighted by Crippen LogP contribution is -2.43. The maximum Gasteiger partial charge on any atom is 0.338 e. The maximum absolute atomic E-state index is 13.8. The zero-order chi connectivity index (χ0) is 26.7. The molecule has 1 aromatic carbocycles.